The van der Waals surface area contributed by atoms with Crippen LogP contribution in [0.2, 0.25) is 0 Å². The molecule has 1 heterocycles. The fourth-order valence-electron chi connectivity index (χ4n) is 0.0962. The molecule has 0 aromatic rings. The molecule has 1 unspecified atom stereocenters. The molecule has 1 fully saturated rings. The van der Waals surface area contributed by atoms with Crippen molar-refractivity contribution in [3.8, 4) is 0 Å². The standard InChI is InChI=1S/C3H6O.Sr.2H/c1-3-2-4-3;;;/h3H,2H2,1H3;;;. The second-order valence-corrected chi connectivity index (χ2v) is 1.14. The van der Waals surface area contributed by atoms with Gasteiger partial charge in [-0.3, -0.25) is 0 Å². The Balaban J connectivity index is 0.000000160. The Morgan fingerprint density at radius 2 is 2.00 bits per heavy atom. The van der Waals surface area contributed by atoms with E-state index in [4.69, 9.17) is 4.74 Å². The van der Waals surface area contributed by atoms with Crippen LogP contribution in [0.25, 0.3) is 0 Å². The Labute approximate surface area is 69.0 Å². The van der Waals surface area contributed by atoms with Crippen LogP contribution in [0, 0.1) is 0 Å². The fraction of sp³-hybridized carbons (Fsp3) is 1.00. The summed E-state index contributed by atoms with van der Waals surface area (Å²) in [5.74, 6) is 0. The van der Waals surface area contributed by atoms with Gasteiger partial charge in [0.1, 0.15) is 0 Å². The fourth-order valence-corrected chi connectivity index (χ4v) is 0.0962. The molecule has 28 valence electrons. The van der Waals surface area contributed by atoms with Crippen LogP contribution in [0.4, 0.5) is 0 Å². The van der Waals surface area contributed by atoms with Crippen LogP contribution >= 0.6 is 0 Å². The minimum atomic E-state index is 0. The molecule has 1 saturated heterocycles. The molecule has 0 amide bonds. The number of ether oxygens (including phenoxy) is 1. The van der Waals surface area contributed by atoms with E-state index in [2.05, 4.69) is 6.92 Å². The van der Waals surface area contributed by atoms with Gasteiger partial charge < -0.3 is 4.74 Å². The SMILES string of the molecule is CC1CO1.[SrH2]. The van der Waals surface area contributed by atoms with Crippen molar-refractivity contribution in [3.63, 3.8) is 0 Å². The predicted molar refractivity (Wildman–Crippen MR) is 24.0 cm³/mol. The Morgan fingerprint density at radius 3 is 2.00 bits per heavy atom. The molecule has 0 spiro atoms. The van der Waals surface area contributed by atoms with E-state index >= 15 is 0 Å². The summed E-state index contributed by atoms with van der Waals surface area (Å²) >= 11 is 0. The van der Waals surface area contributed by atoms with E-state index in [-0.39, 0.29) is 45.5 Å². The molecule has 2 heteroatoms. The molecule has 5 heavy (non-hydrogen) atoms. The Morgan fingerprint density at radius 1 is 1.80 bits per heavy atom. The number of epoxide rings is 1. The zero-order valence-corrected chi connectivity index (χ0v) is 2.69. The maximum absolute atomic E-state index is 4.71. The van der Waals surface area contributed by atoms with Gasteiger partial charge in [0.05, 0.1) is 12.7 Å². The molecule has 0 N–H and O–H groups in total. The summed E-state index contributed by atoms with van der Waals surface area (Å²) in [7, 11) is 0. The molecule has 1 aliphatic rings. The summed E-state index contributed by atoms with van der Waals surface area (Å²) in [6.07, 6.45) is 0.583. The number of rotatable bonds is 0. The average Bonchev–Trinajstić information content (AvgIpc) is 1.75. The normalized spacial score (nSPS) is 31.8. The molecule has 0 aromatic heterocycles. The average molecular weight is 148 g/mol. The van der Waals surface area contributed by atoms with Crippen molar-refractivity contribution in [2.45, 2.75) is 13.0 Å². The topological polar surface area (TPSA) is 12.5 Å². The maximum atomic E-state index is 4.71. The van der Waals surface area contributed by atoms with Crippen LogP contribution in [0.1, 0.15) is 6.92 Å². The van der Waals surface area contributed by atoms with Crippen LogP contribution in [-0.2, 0) is 4.74 Å². The summed E-state index contributed by atoms with van der Waals surface area (Å²) < 4.78 is 4.71. The molecule has 0 bridgehead atoms. The second kappa shape index (κ2) is 2.59. The van der Waals surface area contributed by atoms with Crippen LogP contribution in [-0.4, -0.2) is 58.2 Å². The third-order valence-electron chi connectivity index (χ3n) is 0.500. The first-order chi connectivity index (χ1) is 1.89. The molecule has 1 rings (SSSR count). The minimum absolute atomic E-state index is 0. The van der Waals surface area contributed by atoms with E-state index in [1.807, 2.05) is 0 Å². The van der Waals surface area contributed by atoms with Crippen molar-refractivity contribution < 1.29 is 4.74 Å². The third kappa shape index (κ3) is 3.27. The molecule has 1 aliphatic heterocycles. The first-order valence-corrected chi connectivity index (χ1v) is 1.51. The van der Waals surface area contributed by atoms with Gasteiger partial charge in [0.15, 0.2) is 0 Å². The van der Waals surface area contributed by atoms with E-state index in [9.17, 15) is 0 Å². The summed E-state index contributed by atoms with van der Waals surface area (Å²) in [5.41, 5.74) is 0. The Kier molecular flexibility index (Phi) is 3.33. The molecular formula is C3H8OSr. The summed E-state index contributed by atoms with van der Waals surface area (Å²) in [6.45, 7) is 3.04. The third-order valence-corrected chi connectivity index (χ3v) is 0.500. The quantitative estimate of drug-likeness (QED) is 0.332. The molecule has 0 aliphatic carbocycles. The number of hydrogen-bond donors (Lipinski definition) is 0. The van der Waals surface area contributed by atoms with Crippen LogP contribution in [0.5, 0.6) is 0 Å². The Bertz CT molecular complexity index is 26.1. The van der Waals surface area contributed by atoms with E-state index in [1.54, 1.807) is 0 Å². The van der Waals surface area contributed by atoms with Gasteiger partial charge >= 0.3 is 45.5 Å². The molecule has 1 atom stereocenters. The van der Waals surface area contributed by atoms with E-state index < -0.39 is 0 Å². The van der Waals surface area contributed by atoms with Gasteiger partial charge in [-0.2, -0.15) is 0 Å². The summed E-state index contributed by atoms with van der Waals surface area (Å²) in [4.78, 5) is 0. The molecular weight excluding hydrogens is 140 g/mol. The van der Waals surface area contributed by atoms with Crippen molar-refractivity contribution in [1.29, 1.82) is 0 Å². The van der Waals surface area contributed by atoms with Gasteiger partial charge in [-0.05, 0) is 6.92 Å². The van der Waals surface area contributed by atoms with Gasteiger partial charge in [0, 0.05) is 0 Å². The molecule has 0 radical (unpaired) electrons. The second-order valence-electron chi connectivity index (χ2n) is 1.14. The van der Waals surface area contributed by atoms with Crippen molar-refractivity contribution >= 4 is 45.5 Å². The Hall–Kier alpha value is 1.44. The van der Waals surface area contributed by atoms with Crippen molar-refractivity contribution in [3.05, 3.63) is 0 Å². The first-order valence-electron chi connectivity index (χ1n) is 1.51. The van der Waals surface area contributed by atoms with Crippen molar-refractivity contribution in [2.24, 2.45) is 0 Å². The van der Waals surface area contributed by atoms with Crippen LogP contribution in [0.15, 0.2) is 0 Å². The van der Waals surface area contributed by atoms with E-state index in [0.29, 0.717) is 6.10 Å². The zero-order chi connectivity index (χ0) is 2.99. The van der Waals surface area contributed by atoms with Crippen molar-refractivity contribution in [1.82, 2.24) is 0 Å². The predicted octanol–water partition coefficient (Wildman–Crippen LogP) is -0.511. The summed E-state index contributed by atoms with van der Waals surface area (Å²) in [6, 6.07) is 0. The van der Waals surface area contributed by atoms with Gasteiger partial charge in [0.2, 0.25) is 0 Å². The van der Waals surface area contributed by atoms with Crippen LogP contribution in [0.3, 0.4) is 0 Å². The first kappa shape index (κ1) is 6.44. The van der Waals surface area contributed by atoms with Crippen molar-refractivity contribution in [2.75, 3.05) is 6.61 Å². The molecule has 0 saturated carbocycles. The van der Waals surface area contributed by atoms with Gasteiger partial charge in [-0.25, -0.2) is 0 Å². The zero-order valence-electron chi connectivity index (χ0n) is 2.69. The van der Waals surface area contributed by atoms with E-state index in [0.717, 1.165) is 6.61 Å². The summed E-state index contributed by atoms with van der Waals surface area (Å²) in [5, 5.41) is 0. The van der Waals surface area contributed by atoms with Gasteiger partial charge in [0.25, 0.3) is 0 Å². The van der Waals surface area contributed by atoms with Gasteiger partial charge in [-0.1, -0.05) is 0 Å². The molecule has 0 aromatic carbocycles. The number of hydrogen-bond acceptors (Lipinski definition) is 1. The van der Waals surface area contributed by atoms with E-state index in [1.165, 1.54) is 0 Å². The molecule has 1 nitrogen and oxygen atoms in total. The monoisotopic (exact) mass is 148 g/mol. The van der Waals surface area contributed by atoms with Crippen LogP contribution < -0.4 is 0 Å². The van der Waals surface area contributed by atoms with Gasteiger partial charge in [-0.15, -0.1) is 0 Å².